The summed E-state index contributed by atoms with van der Waals surface area (Å²) in [5, 5.41) is 4.15. The zero-order valence-electron chi connectivity index (χ0n) is 17.8. The lowest BCUT2D eigenvalue weighted by Crippen LogP contribution is -2.09. The van der Waals surface area contributed by atoms with Crippen LogP contribution in [0.1, 0.15) is 12.5 Å². The number of fused-ring (bicyclic) bond motifs is 1. The first kappa shape index (κ1) is 21.5. The van der Waals surface area contributed by atoms with Crippen LogP contribution in [0.5, 0.6) is 11.5 Å². The van der Waals surface area contributed by atoms with E-state index in [2.05, 4.69) is 10.3 Å². The zero-order valence-corrected chi connectivity index (χ0v) is 18.6. The van der Waals surface area contributed by atoms with Gasteiger partial charge < -0.3 is 19.2 Å². The molecular weight excluding hydrogens is 428 g/mol. The molecule has 0 fully saturated rings. The van der Waals surface area contributed by atoms with Gasteiger partial charge in [0.15, 0.2) is 0 Å². The van der Waals surface area contributed by atoms with Crippen LogP contribution in [-0.4, -0.2) is 25.1 Å². The second-order valence-electron chi connectivity index (χ2n) is 7.10. The van der Waals surface area contributed by atoms with Crippen LogP contribution in [0.25, 0.3) is 27.7 Å². The normalized spacial score (nSPS) is 11.4. The van der Waals surface area contributed by atoms with Gasteiger partial charge in [-0.05, 0) is 48.4 Å². The van der Waals surface area contributed by atoms with Crippen molar-refractivity contribution in [2.45, 2.75) is 6.92 Å². The Hall–Kier alpha value is -3.77. The van der Waals surface area contributed by atoms with Crippen LogP contribution in [0.4, 0.5) is 5.82 Å². The monoisotopic (exact) mass is 448 g/mol. The highest BCUT2D eigenvalue weighted by atomic mass is 35.5. The number of allylic oxidation sites excluding steroid dienone is 1. The van der Waals surface area contributed by atoms with Crippen LogP contribution < -0.4 is 14.8 Å². The number of ether oxygens (including phenoxy) is 2. The molecule has 1 N–H and O–H groups in total. The number of hydrogen-bond donors (Lipinski definition) is 1. The van der Waals surface area contributed by atoms with E-state index >= 15 is 0 Å². The largest absolute Gasteiger partial charge is 0.497 e. The Morgan fingerprint density at radius 2 is 1.88 bits per heavy atom. The molecule has 1 amide bonds. The summed E-state index contributed by atoms with van der Waals surface area (Å²) >= 11 is 5.84. The second-order valence-corrected chi connectivity index (χ2v) is 7.54. The van der Waals surface area contributed by atoms with Gasteiger partial charge in [-0.15, -0.1) is 0 Å². The highest BCUT2D eigenvalue weighted by Gasteiger charge is 2.15. The number of benzene rings is 2. The van der Waals surface area contributed by atoms with Crippen LogP contribution in [-0.2, 0) is 4.79 Å². The molecule has 4 rings (SSSR count). The summed E-state index contributed by atoms with van der Waals surface area (Å²) in [4.78, 5) is 16.6. The predicted molar refractivity (Wildman–Crippen MR) is 126 cm³/mol. The summed E-state index contributed by atoms with van der Waals surface area (Å²) in [5.74, 6) is 1.51. The van der Waals surface area contributed by atoms with E-state index in [9.17, 15) is 4.79 Å². The van der Waals surface area contributed by atoms with Gasteiger partial charge in [-0.3, -0.25) is 4.79 Å². The van der Waals surface area contributed by atoms with Gasteiger partial charge in [0.2, 0.25) is 5.91 Å². The summed E-state index contributed by atoms with van der Waals surface area (Å²) in [7, 11) is 3.22. The van der Waals surface area contributed by atoms with E-state index < -0.39 is 0 Å². The summed E-state index contributed by atoms with van der Waals surface area (Å²) in [5.41, 5.74) is 4.15. The van der Waals surface area contributed by atoms with Crippen molar-refractivity contribution in [1.82, 2.24) is 4.98 Å². The number of nitrogens with one attached hydrogen (secondary N) is 1. The Labute approximate surface area is 190 Å². The van der Waals surface area contributed by atoms with Crippen molar-refractivity contribution in [3.8, 4) is 22.6 Å². The lowest BCUT2D eigenvalue weighted by atomic mass is 9.99. The molecule has 0 aliphatic carbocycles. The maximum absolute atomic E-state index is 12.5. The first-order valence-electron chi connectivity index (χ1n) is 9.83. The highest BCUT2D eigenvalue weighted by molar-refractivity contribution is 6.30. The third-order valence-electron chi connectivity index (χ3n) is 5.05. The van der Waals surface area contributed by atoms with Crippen molar-refractivity contribution < 1.29 is 18.7 Å². The summed E-state index contributed by atoms with van der Waals surface area (Å²) in [6, 6.07) is 14.9. The lowest BCUT2D eigenvalue weighted by Gasteiger charge is -2.10. The van der Waals surface area contributed by atoms with Crippen LogP contribution in [0.3, 0.4) is 0 Å². The molecule has 2 heterocycles. The van der Waals surface area contributed by atoms with Crippen molar-refractivity contribution >= 4 is 39.9 Å². The van der Waals surface area contributed by atoms with Crippen molar-refractivity contribution in [2.75, 3.05) is 19.5 Å². The molecule has 0 aliphatic heterocycles. The minimum absolute atomic E-state index is 0.304. The van der Waals surface area contributed by atoms with Crippen molar-refractivity contribution in [3.63, 3.8) is 0 Å². The maximum atomic E-state index is 12.5. The number of aromatic nitrogens is 1. The van der Waals surface area contributed by atoms with E-state index in [0.717, 1.165) is 33.4 Å². The number of hydrogen-bond acceptors (Lipinski definition) is 5. The Morgan fingerprint density at radius 1 is 1.09 bits per heavy atom. The molecule has 0 spiro atoms. The topological polar surface area (TPSA) is 73.6 Å². The molecule has 162 valence electrons. The van der Waals surface area contributed by atoms with E-state index in [1.807, 2.05) is 43.3 Å². The van der Waals surface area contributed by atoms with E-state index in [-0.39, 0.29) is 5.91 Å². The smallest absolute Gasteiger partial charge is 0.249 e. The van der Waals surface area contributed by atoms with Gasteiger partial charge in [0.1, 0.15) is 22.9 Å². The van der Waals surface area contributed by atoms with Gasteiger partial charge >= 0.3 is 0 Å². The molecule has 2 aromatic carbocycles. The Balaban J connectivity index is 1.69. The van der Waals surface area contributed by atoms with Gasteiger partial charge in [-0.2, -0.15) is 0 Å². The van der Waals surface area contributed by atoms with Gasteiger partial charge in [0, 0.05) is 34.9 Å². The molecule has 0 aliphatic rings. The van der Waals surface area contributed by atoms with Crippen molar-refractivity contribution in [3.05, 3.63) is 77.7 Å². The number of anilines is 1. The summed E-state index contributed by atoms with van der Waals surface area (Å²) in [6.07, 6.45) is 4.70. The molecule has 2 aromatic heterocycles. The molecular formula is C25H21ClN2O4. The Kier molecular flexibility index (Phi) is 6.14. The fourth-order valence-electron chi connectivity index (χ4n) is 3.41. The number of methoxy groups -OCH3 is 2. The van der Waals surface area contributed by atoms with E-state index in [0.29, 0.717) is 22.2 Å². The molecule has 32 heavy (non-hydrogen) atoms. The van der Waals surface area contributed by atoms with Crippen LogP contribution in [0.2, 0.25) is 5.02 Å². The first-order valence-corrected chi connectivity index (χ1v) is 10.2. The number of furan rings is 1. The van der Waals surface area contributed by atoms with Crippen LogP contribution in [0, 0.1) is 0 Å². The Morgan fingerprint density at radius 3 is 2.53 bits per heavy atom. The third kappa shape index (κ3) is 4.45. The van der Waals surface area contributed by atoms with Crippen molar-refractivity contribution in [1.29, 1.82) is 0 Å². The van der Waals surface area contributed by atoms with Gasteiger partial charge in [0.25, 0.3) is 0 Å². The third-order valence-corrected chi connectivity index (χ3v) is 5.27. The number of carbonyl (C=O) groups excluding carboxylic acids is 1. The molecule has 0 saturated heterocycles. The summed E-state index contributed by atoms with van der Waals surface area (Å²) in [6.45, 7) is 1.85. The lowest BCUT2D eigenvalue weighted by molar-refractivity contribution is -0.111. The SMILES string of the molecule is COc1ccc(-c2coc3cc(OC)c(/C(C)=C/C(=O)Nc4ccc(Cl)cn4)cc23)cc1. The van der Waals surface area contributed by atoms with Gasteiger partial charge in [-0.1, -0.05) is 23.7 Å². The molecule has 0 saturated carbocycles. The van der Waals surface area contributed by atoms with Crippen LogP contribution >= 0.6 is 11.6 Å². The number of pyridine rings is 1. The molecule has 7 heteroatoms. The minimum atomic E-state index is -0.304. The van der Waals surface area contributed by atoms with E-state index in [1.54, 1.807) is 32.6 Å². The number of rotatable bonds is 6. The number of nitrogens with zero attached hydrogens (tertiary/aromatic N) is 1. The highest BCUT2D eigenvalue weighted by Crippen LogP contribution is 2.37. The first-order chi connectivity index (χ1) is 15.5. The second kappa shape index (κ2) is 9.16. The molecule has 0 atom stereocenters. The van der Waals surface area contributed by atoms with E-state index in [4.69, 9.17) is 25.5 Å². The summed E-state index contributed by atoms with van der Waals surface area (Å²) < 4.78 is 16.6. The van der Waals surface area contributed by atoms with E-state index in [1.165, 1.54) is 12.3 Å². The van der Waals surface area contributed by atoms with Crippen molar-refractivity contribution in [2.24, 2.45) is 0 Å². The molecule has 0 radical (unpaired) electrons. The average molecular weight is 449 g/mol. The molecule has 4 aromatic rings. The fraction of sp³-hybridized carbons (Fsp3) is 0.120. The van der Waals surface area contributed by atoms with Gasteiger partial charge in [0.05, 0.1) is 25.5 Å². The number of carbonyl (C=O) groups is 1. The Bertz CT molecular complexity index is 1290. The standard InChI is InChI=1S/C25H21ClN2O4/c1-15(10-25(29)28-24-9-6-17(26)13-27-24)19-11-20-21(14-32-23(20)12-22(19)31-3)16-4-7-18(30-2)8-5-16/h4-14H,1-3H3,(H,27,28,29)/b15-10+. The number of amides is 1. The predicted octanol–water partition coefficient (Wildman–Crippen LogP) is 6.21. The van der Waals surface area contributed by atoms with Gasteiger partial charge in [-0.25, -0.2) is 4.98 Å². The molecule has 0 unspecified atom stereocenters. The quantitative estimate of drug-likeness (QED) is 0.355. The van der Waals surface area contributed by atoms with Crippen LogP contribution in [0.15, 0.2) is 71.5 Å². The maximum Gasteiger partial charge on any atom is 0.249 e. The zero-order chi connectivity index (χ0) is 22.7. The minimum Gasteiger partial charge on any atom is -0.497 e. The molecule has 6 nitrogen and oxygen atoms in total. The number of halogens is 1. The molecule has 0 bridgehead atoms. The fourth-order valence-corrected chi connectivity index (χ4v) is 3.52. The average Bonchev–Trinajstić information content (AvgIpc) is 3.22.